The minimum atomic E-state index is -3.63. The number of anilines is 6. The monoisotopic (exact) mass is 1120 g/mol. The average molecular weight is 1120 g/mol. The summed E-state index contributed by atoms with van der Waals surface area (Å²) in [5, 5.41) is 20.9. The number of aryl methyl sites for hydroxylation is 1. The van der Waals surface area contributed by atoms with Gasteiger partial charge in [-0.15, -0.1) is 11.3 Å². The molecule has 0 unspecified atom stereocenters. The van der Waals surface area contributed by atoms with Gasteiger partial charge < -0.3 is 35.6 Å². The van der Waals surface area contributed by atoms with Gasteiger partial charge in [-0.25, -0.2) is 22.8 Å². The van der Waals surface area contributed by atoms with Crippen molar-refractivity contribution in [3.05, 3.63) is 88.9 Å². The maximum Gasteiger partial charge on any atom is 0.261 e. The number of β-amino-alcohol motifs (C(OH)–C–C–N with tert-alkyl or cyclic N) is 1. The average Bonchev–Trinajstić information content (AvgIpc) is 4.02. The predicted octanol–water partition coefficient (Wildman–Crippen LogP) is 6.87. The van der Waals surface area contributed by atoms with Crippen LogP contribution in [-0.2, 0) is 24.2 Å². The lowest BCUT2D eigenvalue weighted by molar-refractivity contribution is -0.144. The van der Waals surface area contributed by atoms with Crippen molar-refractivity contribution >= 4 is 85.0 Å². The Balaban J connectivity index is 0.799. The van der Waals surface area contributed by atoms with Gasteiger partial charge >= 0.3 is 0 Å². The van der Waals surface area contributed by atoms with Crippen LogP contribution in [-0.4, -0.2) is 157 Å². The highest BCUT2D eigenvalue weighted by Crippen LogP contribution is 2.37. The normalized spacial score (nSPS) is 18.3. The number of rotatable bonds is 18. The number of amides is 3. The van der Waals surface area contributed by atoms with Gasteiger partial charge in [-0.1, -0.05) is 56.6 Å². The molecule has 23 heteroatoms. The van der Waals surface area contributed by atoms with E-state index in [0.29, 0.717) is 49.2 Å². The van der Waals surface area contributed by atoms with E-state index < -0.39 is 56.3 Å². The van der Waals surface area contributed by atoms with Crippen LogP contribution in [0.25, 0.3) is 10.4 Å². The molecule has 0 aliphatic carbocycles. The van der Waals surface area contributed by atoms with Crippen LogP contribution in [0.1, 0.15) is 59.6 Å². The van der Waals surface area contributed by atoms with Crippen LogP contribution in [0.5, 0.6) is 5.75 Å². The van der Waals surface area contributed by atoms with Crippen molar-refractivity contribution in [1.29, 1.82) is 0 Å². The first-order chi connectivity index (χ1) is 36.6. The Bertz CT molecular complexity index is 3020. The number of thiazole rings is 1. The molecule has 414 valence electrons. The first-order valence-corrected chi connectivity index (χ1v) is 28.7. The van der Waals surface area contributed by atoms with E-state index in [2.05, 4.69) is 46.1 Å². The van der Waals surface area contributed by atoms with E-state index in [1.807, 2.05) is 62.4 Å². The Kier molecular flexibility index (Phi) is 17.9. The molecule has 0 saturated carbocycles. The molecule has 5 aromatic rings. The summed E-state index contributed by atoms with van der Waals surface area (Å²) in [7, 11) is -0.410. The number of methoxy groups -OCH3 is 1. The molecule has 2 aromatic heterocycles. The van der Waals surface area contributed by atoms with Crippen LogP contribution in [0, 0.1) is 24.1 Å². The molecule has 8 rings (SSSR count). The van der Waals surface area contributed by atoms with Gasteiger partial charge in [-0.05, 0) is 87.9 Å². The molecular formula is C54H70ClFN12O7S2. The lowest BCUT2D eigenvalue weighted by Gasteiger charge is -2.40. The SMILES string of the molecule is COc1cc(N2CCN(CC3CCN(CC(=O)N[C@H](C(=O)N4C[C@H](O)C[C@H]4C(=O)NN(C)c4ccc(-c5scnc5C)cc4)C(C)(C)C)CC3)CC2)c(F)cc1Nc1ncc(Cl)c(Nc2ccccc2S(=O)(=O)C(C)C)n1. The lowest BCUT2D eigenvalue weighted by atomic mass is 9.85. The van der Waals surface area contributed by atoms with Crippen molar-refractivity contribution in [2.24, 2.45) is 11.3 Å². The molecule has 0 bridgehead atoms. The number of piperidine rings is 1. The summed E-state index contributed by atoms with van der Waals surface area (Å²) in [6, 6.07) is 15.3. The third-order valence-corrected chi connectivity index (χ3v) is 17.9. The minimum absolute atomic E-state index is 0.0242. The summed E-state index contributed by atoms with van der Waals surface area (Å²) in [4.78, 5) is 63.9. The summed E-state index contributed by atoms with van der Waals surface area (Å²) in [6.07, 6.45) is 2.33. The van der Waals surface area contributed by atoms with Gasteiger partial charge in [0.15, 0.2) is 15.7 Å². The predicted molar refractivity (Wildman–Crippen MR) is 299 cm³/mol. The van der Waals surface area contributed by atoms with Gasteiger partial charge in [0.1, 0.15) is 28.7 Å². The number of hydrazine groups is 1. The second kappa shape index (κ2) is 24.2. The third-order valence-electron chi connectivity index (χ3n) is 14.5. The number of carbonyl (C=O) groups excluding carboxylic acids is 3. The highest BCUT2D eigenvalue weighted by molar-refractivity contribution is 7.92. The summed E-state index contributed by atoms with van der Waals surface area (Å²) in [5.74, 6) is -0.560. The number of ether oxygens (including phenoxy) is 1. The van der Waals surface area contributed by atoms with E-state index in [-0.39, 0.29) is 52.8 Å². The minimum Gasteiger partial charge on any atom is -0.494 e. The molecule has 3 aromatic carbocycles. The molecule has 0 radical (unpaired) electrons. The summed E-state index contributed by atoms with van der Waals surface area (Å²) in [5.41, 5.74) is 7.71. The van der Waals surface area contributed by atoms with E-state index in [9.17, 15) is 27.9 Å². The number of benzene rings is 3. The molecular weight excluding hydrogens is 1050 g/mol. The Morgan fingerprint density at radius 3 is 2.31 bits per heavy atom. The largest absolute Gasteiger partial charge is 0.494 e. The quantitative estimate of drug-likeness (QED) is 0.0566. The number of piperazine rings is 1. The summed E-state index contributed by atoms with van der Waals surface area (Å²) >= 11 is 8.01. The van der Waals surface area contributed by atoms with Gasteiger partial charge in [0.25, 0.3) is 5.91 Å². The third kappa shape index (κ3) is 13.6. The number of carbonyl (C=O) groups is 3. The number of likely N-dealkylation sites (tertiary alicyclic amines) is 2. The number of aliphatic hydroxyl groups excluding tert-OH is 1. The molecule has 0 spiro atoms. The maximum absolute atomic E-state index is 16.0. The number of aliphatic hydroxyl groups is 1. The van der Waals surface area contributed by atoms with Crippen molar-refractivity contribution in [1.82, 2.24) is 40.4 Å². The van der Waals surface area contributed by atoms with Crippen LogP contribution in [0.4, 0.5) is 38.9 Å². The highest BCUT2D eigenvalue weighted by atomic mass is 35.5. The lowest BCUT2D eigenvalue weighted by Crippen LogP contribution is -2.59. The molecule has 77 heavy (non-hydrogen) atoms. The van der Waals surface area contributed by atoms with Crippen molar-refractivity contribution < 1.29 is 37.0 Å². The highest BCUT2D eigenvalue weighted by Gasteiger charge is 2.45. The molecule has 3 aliphatic heterocycles. The second-order valence-electron chi connectivity index (χ2n) is 21.4. The number of nitrogens with one attached hydrogen (secondary N) is 4. The zero-order valence-corrected chi connectivity index (χ0v) is 47.2. The topological polar surface area (TPSA) is 218 Å². The fourth-order valence-corrected chi connectivity index (χ4v) is 12.2. The van der Waals surface area contributed by atoms with Crippen LogP contribution in [0.3, 0.4) is 0 Å². The number of aromatic nitrogens is 3. The molecule has 3 saturated heterocycles. The first-order valence-electron chi connectivity index (χ1n) is 25.9. The summed E-state index contributed by atoms with van der Waals surface area (Å²) in [6.45, 7) is 15.9. The van der Waals surface area contributed by atoms with Crippen LogP contribution in [0.2, 0.25) is 5.02 Å². The Hall–Kier alpha value is -6.17. The molecule has 3 fully saturated rings. The van der Waals surface area contributed by atoms with Gasteiger partial charge in [0, 0.05) is 64.9 Å². The van der Waals surface area contributed by atoms with Crippen molar-refractivity contribution in [2.75, 3.05) is 93.6 Å². The Morgan fingerprint density at radius 2 is 1.66 bits per heavy atom. The van der Waals surface area contributed by atoms with Crippen LogP contribution >= 0.6 is 22.9 Å². The first kappa shape index (κ1) is 57.0. The van der Waals surface area contributed by atoms with Crippen molar-refractivity contribution in [2.45, 2.75) is 89.1 Å². The number of sulfone groups is 1. The molecule has 3 aliphatic rings. The number of para-hydroxylation sites is 1. The number of hydrogen-bond acceptors (Lipinski definition) is 17. The van der Waals surface area contributed by atoms with E-state index in [0.717, 1.165) is 54.3 Å². The fourth-order valence-electron chi connectivity index (χ4n) is 10.0. The van der Waals surface area contributed by atoms with Crippen LogP contribution < -0.4 is 36.0 Å². The van der Waals surface area contributed by atoms with E-state index in [1.54, 1.807) is 61.5 Å². The van der Waals surface area contributed by atoms with E-state index >= 15 is 4.39 Å². The Morgan fingerprint density at radius 1 is 0.961 bits per heavy atom. The van der Waals surface area contributed by atoms with Gasteiger partial charge in [-0.3, -0.25) is 34.6 Å². The molecule has 5 heterocycles. The van der Waals surface area contributed by atoms with Crippen LogP contribution in [0.15, 0.2) is 77.3 Å². The molecule has 19 nitrogen and oxygen atoms in total. The zero-order valence-electron chi connectivity index (χ0n) is 44.8. The van der Waals surface area contributed by atoms with Crippen molar-refractivity contribution in [3.63, 3.8) is 0 Å². The van der Waals surface area contributed by atoms with Crippen molar-refractivity contribution in [3.8, 4) is 16.2 Å². The number of hydrogen-bond donors (Lipinski definition) is 5. The smallest absolute Gasteiger partial charge is 0.261 e. The molecule has 5 N–H and O–H groups in total. The van der Waals surface area contributed by atoms with E-state index in [1.165, 1.54) is 30.3 Å². The Labute approximate surface area is 459 Å². The van der Waals surface area contributed by atoms with E-state index in [4.69, 9.17) is 16.3 Å². The number of halogens is 2. The van der Waals surface area contributed by atoms with Gasteiger partial charge in [0.05, 0.1) is 74.9 Å². The fraction of sp³-hybridized carbons (Fsp3) is 0.481. The van der Waals surface area contributed by atoms with Gasteiger partial charge in [0.2, 0.25) is 17.8 Å². The molecule has 3 amide bonds. The summed E-state index contributed by atoms with van der Waals surface area (Å²) < 4.78 is 47.8. The molecule has 3 atom stereocenters. The maximum atomic E-state index is 16.0. The second-order valence-corrected chi connectivity index (χ2v) is 25.1. The standard InChI is InChI=1S/C54H70ClFN12O7S2/c1-33(2)77(73,74)46-12-10-9-11-41(46)59-50-39(55)28-57-53(62-50)60-42-26-40(56)43(27-45(42)75-8)67-23-21-66(22-24-67)29-35-17-19-65(20-18-35)31-47(70)61-49(54(4,5)6)52(72)68-30-38(69)25-44(68)51(71)63-64(7)37-15-13-36(14-16-37)48-34(3)58-32-76-48/h9-16,26-28,32-33,35,38,44,49,69H,17-25,29-31H2,1-8H3,(H,61,70)(H,63,71)(H2,57,59,60,62)/t38-,44+,49-/m1/s1. The number of nitrogens with zero attached hydrogens (tertiary/aromatic N) is 8. The van der Waals surface area contributed by atoms with Gasteiger partial charge in [-0.2, -0.15) is 4.98 Å². The zero-order chi connectivity index (χ0) is 55.3.